The zero-order valence-corrected chi connectivity index (χ0v) is 13.7. The number of benzene rings is 1. The number of rotatable bonds is 4. The maximum Gasteiger partial charge on any atom is 0.231 e. The van der Waals surface area contributed by atoms with Crippen molar-refractivity contribution in [1.29, 1.82) is 0 Å². The lowest BCUT2D eigenvalue weighted by atomic mass is 10.2. The minimum absolute atomic E-state index is 0.184. The lowest BCUT2D eigenvalue weighted by molar-refractivity contribution is 0.174. The van der Waals surface area contributed by atoms with Gasteiger partial charge in [0.2, 0.25) is 6.79 Å². The van der Waals surface area contributed by atoms with Gasteiger partial charge in [-0.2, -0.15) is 0 Å². The third kappa shape index (κ3) is 2.91. The molecule has 0 aliphatic carbocycles. The van der Waals surface area contributed by atoms with Crippen LogP contribution < -0.4 is 14.8 Å². The Hall–Kier alpha value is -1.53. The molecule has 0 radical (unpaired) electrons. The minimum atomic E-state index is 0.184. The van der Waals surface area contributed by atoms with Crippen LogP contribution >= 0.6 is 27.5 Å². The topological polar surface area (TPSA) is 56.3 Å². The first-order chi connectivity index (χ1) is 10.2. The number of nitrogens with zero attached hydrogens (tertiary/aromatic N) is 2. The van der Waals surface area contributed by atoms with Crippen LogP contribution in [0.3, 0.4) is 0 Å². The van der Waals surface area contributed by atoms with Crippen molar-refractivity contribution in [2.75, 3.05) is 18.7 Å². The smallest absolute Gasteiger partial charge is 0.231 e. The summed E-state index contributed by atoms with van der Waals surface area (Å²) >= 11 is 9.63. The van der Waals surface area contributed by atoms with Gasteiger partial charge in [-0.1, -0.05) is 18.5 Å². The number of aromatic nitrogens is 2. The molecular formula is C14H13BrClN3O2. The number of nitrogens with one attached hydrogen (secondary N) is 1. The van der Waals surface area contributed by atoms with Crippen molar-refractivity contribution in [3.05, 3.63) is 27.8 Å². The van der Waals surface area contributed by atoms with Crippen LogP contribution in [0.25, 0.3) is 11.4 Å². The van der Waals surface area contributed by atoms with Crippen LogP contribution in [0.15, 0.2) is 22.8 Å². The Bertz CT molecular complexity index is 682. The Kier molecular flexibility index (Phi) is 4.17. The van der Waals surface area contributed by atoms with E-state index < -0.39 is 0 Å². The molecule has 1 N–H and O–H groups in total. The van der Waals surface area contributed by atoms with E-state index in [1.807, 2.05) is 6.07 Å². The highest BCUT2D eigenvalue weighted by atomic mass is 79.9. The molecule has 21 heavy (non-hydrogen) atoms. The van der Waals surface area contributed by atoms with Crippen molar-refractivity contribution in [3.63, 3.8) is 0 Å². The number of ether oxygens (including phenoxy) is 2. The molecule has 3 rings (SSSR count). The Morgan fingerprint density at radius 1 is 1.38 bits per heavy atom. The second-order valence-electron chi connectivity index (χ2n) is 4.51. The lowest BCUT2D eigenvalue weighted by Crippen LogP contribution is -2.04. The highest BCUT2D eigenvalue weighted by molar-refractivity contribution is 9.10. The molecule has 1 aliphatic heterocycles. The van der Waals surface area contributed by atoms with Crippen molar-refractivity contribution in [2.45, 2.75) is 13.3 Å². The van der Waals surface area contributed by atoms with Crippen molar-refractivity contribution in [3.8, 4) is 22.9 Å². The Balaban J connectivity index is 1.99. The van der Waals surface area contributed by atoms with Crippen molar-refractivity contribution < 1.29 is 9.47 Å². The summed E-state index contributed by atoms with van der Waals surface area (Å²) in [5, 5.41) is 3.75. The Labute approximate surface area is 135 Å². The molecule has 1 aromatic carbocycles. The van der Waals surface area contributed by atoms with Crippen LogP contribution in [0.2, 0.25) is 5.02 Å². The Morgan fingerprint density at radius 2 is 2.24 bits per heavy atom. The summed E-state index contributed by atoms with van der Waals surface area (Å²) in [5.41, 5.74) is 0.788. The number of fused-ring (bicyclic) bond motifs is 1. The van der Waals surface area contributed by atoms with E-state index >= 15 is 0 Å². The number of hydrogen-bond donors (Lipinski definition) is 1. The van der Waals surface area contributed by atoms with Crippen LogP contribution in [0.1, 0.15) is 13.3 Å². The SMILES string of the molecule is CCCNc1nc(-c2cc(Cl)c3c(c2)OCO3)ncc1Br. The minimum Gasteiger partial charge on any atom is -0.454 e. The second-order valence-corrected chi connectivity index (χ2v) is 5.77. The molecule has 0 fully saturated rings. The van der Waals surface area contributed by atoms with Gasteiger partial charge in [-0.05, 0) is 34.5 Å². The molecule has 0 bridgehead atoms. The van der Waals surface area contributed by atoms with E-state index in [2.05, 4.69) is 38.1 Å². The third-order valence-corrected chi connectivity index (χ3v) is 3.83. The standard InChI is InChI=1S/C14H13BrClN3O2/c1-2-3-17-14-9(15)6-18-13(19-14)8-4-10(16)12-11(5-8)20-7-21-12/h4-6H,2-3,7H2,1H3,(H,17,18,19). The van der Waals surface area contributed by atoms with Crippen molar-refractivity contribution in [2.24, 2.45) is 0 Å². The molecular weight excluding hydrogens is 358 g/mol. The molecule has 2 aromatic rings. The van der Waals surface area contributed by atoms with Gasteiger partial charge in [0.25, 0.3) is 0 Å². The quantitative estimate of drug-likeness (QED) is 0.877. The predicted octanol–water partition coefficient (Wildman–Crippen LogP) is 4.11. The van der Waals surface area contributed by atoms with E-state index in [9.17, 15) is 0 Å². The molecule has 5 nitrogen and oxygen atoms in total. The maximum atomic E-state index is 6.19. The largest absolute Gasteiger partial charge is 0.454 e. The molecule has 0 spiro atoms. The number of anilines is 1. The maximum absolute atomic E-state index is 6.19. The van der Waals surface area contributed by atoms with E-state index in [1.165, 1.54) is 0 Å². The van der Waals surface area contributed by atoms with Gasteiger partial charge in [-0.25, -0.2) is 9.97 Å². The van der Waals surface area contributed by atoms with E-state index in [0.717, 1.165) is 28.8 Å². The van der Waals surface area contributed by atoms with Crippen LogP contribution in [-0.4, -0.2) is 23.3 Å². The summed E-state index contributed by atoms with van der Waals surface area (Å²) in [6.45, 7) is 3.13. The molecule has 2 heterocycles. The average molecular weight is 371 g/mol. The number of halogens is 2. The summed E-state index contributed by atoms with van der Waals surface area (Å²) in [6.07, 6.45) is 2.74. The molecule has 0 saturated carbocycles. The van der Waals surface area contributed by atoms with Gasteiger partial charge in [0, 0.05) is 18.3 Å². The summed E-state index contributed by atoms with van der Waals surface area (Å²) in [4.78, 5) is 8.85. The van der Waals surface area contributed by atoms with Gasteiger partial charge < -0.3 is 14.8 Å². The monoisotopic (exact) mass is 369 g/mol. The van der Waals surface area contributed by atoms with Gasteiger partial charge in [-0.15, -0.1) is 0 Å². The van der Waals surface area contributed by atoms with Crippen LogP contribution in [0, 0.1) is 0 Å². The fourth-order valence-corrected chi connectivity index (χ4v) is 2.57. The molecule has 7 heteroatoms. The molecule has 1 aromatic heterocycles. The van der Waals surface area contributed by atoms with E-state index in [1.54, 1.807) is 12.3 Å². The van der Waals surface area contributed by atoms with Gasteiger partial charge in [-0.3, -0.25) is 0 Å². The average Bonchev–Trinajstić information content (AvgIpc) is 2.95. The molecule has 110 valence electrons. The van der Waals surface area contributed by atoms with Gasteiger partial charge in [0.15, 0.2) is 17.3 Å². The fourth-order valence-electron chi connectivity index (χ4n) is 1.97. The van der Waals surface area contributed by atoms with Crippen molar-refractivity contribution >= 4 is 33.3 Å². The fraction of sp³-hybridized carbons (Fsp3) is 0.286. The summed E-state index contributed by atoms with van der Waals surface area (Å²) < 4.78 is 11.5. The highest BCUT2D eigenvalue weighted by Crippen LogP contribution is 2.42. The zero-order valence-electron chi connectivity index (χ0n) is 11.3. The van der Waals surface area contributed by atoms with Crippen molar-refractivity contribution in [1.82, 2.24) is 9.97 Å². The molecule has 1 aliphatic rings. The second kappa shape index (κ2) is 6.07. The van der Waals surface area contributed by atoms with E-state index in [4.69, 9.17) is 21.1 Å². The molecule has 0 amide bonds. The van der Waals surface area contributed by atoms with E-state index in [0.29, 0.717) is 22.3 Å². The lowest BCUT2D eigenvalue weighted by Gasteiger charge is -2.09. The van der Waals surface area contributed by atoms with Crippen LogP contribution in [-0.2, 0) is 0 Å². The molecule has 0 saturated heterocycles. The first-order valence-electron chi connectivity index (χ1n) is 6.55. The number of hydrogen-bond acceptors (Lipinski definition) is 5. The van der Waals surface area contributed by atoms with Crippen LogP contribution in [0.4, 0.5) is 5.82 Å². The highest BCUT2D eigenvalue weighted by Gasteiger charge is 2.20. The van der Waals surface area contributed by atoms with Gasteiger partial charge in [0.05, 0.1) is 9.50 Å². The third-order valence-electron chi connectivity index (χ3n) is 2.97. The van der Waals surface area contributed by atoms with E-state index in [-0.39, 0.29) is 6.79 Å². The summed E-state index contributed by atoms with van der Waals surface area (Å²) in [7, 11) is 0. The zero-order chi connectivity index (χ0) is 14.8. The van der Waals surface area contributed by atoms with Gasteiger partial charge >= 0.3 is 0 Å². The summed E-state index contributed by atoms with van der Waals surface area (Å²) in [5.74, 6) is 2.53. The van der Waals surface area contributed by atoms with Crippen LogP contribution in [0.5, 0.6) is 11.5 Å². The first-order valence-corrected chi connectivity index (χ1v) is 7.72. The molecule has 0 unspecified atom stereocenters. The summed E-state index contributed by atoms with van der Waals surface area (Å²) in [6, 6.07) is 3.61. The predicted molar refractivity (Wildman–Crippen MR) is 85.1 cm³/mol. The Morgan fingerprint density at radius 3 is 3.05 bits per heavy atom. The first kappa shape index (κ1) is 14.4. The molecule has 0 atom stereocenters. The normalized spacial score (nSPS) is 12.5. The van der Waals surface area contributed by atoms with Gasteiger partial charge in [0.1, 0.15) is 5.82 Å².